The van der Waals surface area contributed by atoms with Gasteiger partial charge in [-0.3, -0.25) is 9.59 Å². The second-order valence-corrected chi connectivity index (χ2v) is 7.07. The van der Waals surface area contributed by atoms with Gasteiger partial charge in [0.25, 0.3) is 5.91 Å². The minimum atomic E-state index is -0.200. The molecule has 3 aromatic rings. The SMILES string of the molecule is O=C(/C=C/c1ccsc1)Nc1ccc(C(=O)N2CCc3ccccc32)cc1. The Balaban J connectivity index is 1.42. The van der Waals surface area contributed by atoms with E-state index in [0.29, 0.717) is 17.8 Å². The van der Waals surface area contributed by atoms with Gasteiger partial charge in [-0.15, -0.1) is 0 Å². The molecule has 0 fully saturated rings. The van der Waals surface area contributed by atoms with Crippen LogP contribution in [0.5, 0.6) is 0 Å². The number of hydrogen-bond acceptors (Lipinski definition) is 3. The molecular weight excluding hydrogens is 356 g/mol. The number of anilines is 2. The Bertz CT molecular complexity index is 991. The number of rotatable bonds is 4. The van der Waals surface area contributed by atoms with Crippen LogP contribution in [0.4, 0.5) is 11.4 Å². The Labute approximate surface area is 161 Å². The molecule has 1 aliphatic rings. The van der Waals surface area contributed by atoms with Crippen molar-refractivity contribution in [2.75, 3.05) is 16.8 Å². The van der Waals surface area contributed by atoms with E-state index in [9.17, 15) is 9.59 Å². The Kier molecular flexibility index (Phi) is 4.85. The van der Waals surface area contributed by atoms with Gasteiger partial charge in [0.15, 0.2) is 0 Å². The van der Waals surface area contributed by atoms with Crippen LogP contribution in [0.3, 0.4) is 0 Å². The van der Waals surface area contributed by atoms with Gasteiger partial charge in [0.1, 0.15) is 0 Å². The summed E-state index contributed by atoms with van der Waals surface area (Å²) in [6.07, 6.45) is 4.16. The number of hydrogen-bond donors (Lipinski definition) is 1. The number of carbonyl (C=O) groups is 2. The highest BCUT2D eigenvalue weighted by atomic mass is 32.1. The van der Waals surface area contributed by atoms with Crippen molar-refractivity contribution in [2.45, 2.75) is 6.42 Å². The molecule has 1 aliphatic heterocycles. The molecule has 134 valence electrons. The molecule has 27 heavy (non-hydrogen) atoms. The van der Waals surface area contributed by atoms with Crippen LogP contribution in [0.1, 0.15) is 21.5 Å². The summed E-state index contributed by atoms with van der Waals surface area (Å²) >= 11 is 1.59. The normalized spacial score (nSPS) is 13.0. The molecule has 4 nitrogen and oxygen atoms in total. The van der Waals surface area contributed by atoms with Crippen molar-refractivity contribution in [2.24, 2.45) is 0 Å². The van der Waals surface area contributed by atoms with E-state index >= 15 is 0 Å². The number of para-hydroxylation sites is 1. The lowest BCUT2D eigenvalue weighted by Gasteiger charge is -2.17. The number of fused-ring (bicyclic) bond motifs is 1. The lowest BCUT2D eigenvalue weighted by molar-refractivity contribution is -0.111. The van der Waals surface area contributed by atoms with Crippen LogP contribution in [0.25, 0.3) is 6.08 Å². The topological polar surface area (TPSA) is 49.4 Å². The fraction of sp³-hybridized carbons (Fsp3) is 0.0909. The maximum atomic E-state index is 12.8. The number of benzene rings is 2. The van der Waals surface area contributed by atoms with Crippen LogP contribution in [0.15, 0.2) is 71.4 Å². The van der Waals surface area contributed by atoms with Crippen molar-refractivity contribution in [3.63, 3.8) is 0 Å². The fourth-order valence-corrected chi connectivity index (χ4v) is 3.76. The third kappa shape index (κ3) is 3.83. The zero-order chi connectivity index (χ0) is 18.6. The molecule has 0 aliphatic carbocycles. The van der Waals surface area contributed by atoms with E-state index in [0.717, 1.165) is 17.7 Å². The van der Waals surface area contributed by atoms with E-state index in [1.807, 2.05) is 39.9 Å². The highest BCUT2D eigenvalue weighted by molar-refractivity contribution is 7.08. The summed E-state index contributed by atoms with van der Waals surface area (Å²) < 4.78 is 0. The largest absolute Gasteiger partial charge is 0.323 e. The van der Waals surface area contributed by atoms with Crippen LogP contribution in [-0.4, -0.2) is 18.4 Å². The van der Waals surface area contributed by atoms with Gasteiger partial charge < -0.3 is 10.2 Å². The molecule has 2 heterocycles. The summed E-state index contributed by atoms with van der Waals surface area (Å²) in [6.45, 7) is 0.698. The molecule has 2 amide bonds. The van der Waals surface area contributed by atoms with E-state index in [4.69, 9.17) is 0 Å². The Morgan fingerprint density at radius 3 is 2.63 bits per heavy atom. The maximum absolute atomic E-state index is 12.8. The number of thiophene rings is 1. The van der Waals surface area contributed by atoms with Crippen LogP contribution in [0.2, 0.25) is 0 Å². The van der Waals surface area contributed by atoms with E-state index in [1.54, 1.807) is 41.7 Å². The van der Waals surface area contributed by atoms with Crippen molar-refractivity contribution >= 4 is 40.6 Å². The predicted molar refractivity (Wildman–Crippen MR) is 110 cm³/mol. The standard InChI is InChI=1S/C22H18N2O2S/c25-21(10-5-16-12-14-27-15-16)23-19-8-6-18(7-9-19)22(26)24-13-11-17-3-1-2-4-20(17)24/h1-10,12,14-15H,11,13H2,(H,23,25)/b10-5+. The molecule has 0 saturated heterocycles. The van der Waals surface area contributed by atoms with Crippen LogP contribution < -0.4 is 10.2 Å². The molecule has 0 spiro atoms. The van der Waals surface area contributed by atoms with Gasteiger partial charge in [-0.05, 0) is 70.8 Å². The van der Waals surface area contributed by atoms with E-state index < -0.39 is 0 Å². The minimum absolute atomic E-state index is 0.0184. The molecule has 2 aromatic carbocycles. The Morgan fingerprint density at radius 2 is 1.85 bits per heavy atom. The molecule has 0 radical (unpaired) electrons. The van der Waals surface area contributed by atoms with Crippen molar-refractivity contribution in [3.05, 3.63) is 88.1 Å². The summed E-state index contributed by atoms with van der Waals surface area (Å²) in [7, 11) is 0. The van der Waals surface area contributed by atoms with Gasteiger partial charge in [0.2, 0.25) is 5.91 Å². The second kappa shape index (κ2) is 7.60. The zero-order valence-corrected chi connectivity index (χ0v) is 15.4. The van der Waals surface area contributed by atoms with Gasteiger partial charge in [0.05, 0.1) is 0 Å². The fourth-order valence-electron chi connectivity index (χ4n) is 3.13. The van der Waals surface area contributed by atoms with Crippen LogP contribution in [0, 0.1) is 0 Å². The first kappa shape index (κ1) is 17.2. The molecule has 1 N–H and O–H groups in total. The maximum Gasteiger partial charge on any atom is 0.258 e. The molecule has 0 saturated carbocycles. The number of amides is 2. The third-order valence-corrected chi connectivity index (χ3v) is 5.20. The molecule has 0 bridgehead atoms. The quantitative estimate of drug-likeness (QED) is 0.679. The highest BCUT2D eigenvalue weighted by Gasteiger charge is 2.24. The van der Waals surface area contributed by atoms with E-state index in [2.05, 4.69) is 11.4 Å². The lowest BCUT2D eigenvalue weighted by Crippen LogP contribution is -2.28. The van der Waals surface area contributed by atoms with Gasteiger partial charge in [-0.1, -0.05) is 18.2 Å². The van der Waals surface area contributed by atoms with E-state index in [-0.39, 0.29) is 11.8 Å². The summed E-state index contributed by atoms with van der Waals surface area (Å²) in [5.74, 6) is -0.219. The average molecular weight is 374 g/mol. The lowest BCUT2D eigenvalue weighted by atomic mass is 10.1. The van der Waals surface area contributed by atoms with Gasteiger partial charge in [-0.25, -0.2) is 0 Å². The number of nitrogens with one attached hydrogen (secondary N) is 1. The average Bonchev–Trinajstić information content (AvgIpc) is 3.36. The van der Waals surface area contributed by atoms with Gasteiger partial charge >= 0.3 is 0 Å². The van der Waals surface area contributed by atoms with Crippen molar-refractivity contribution in [1.29, 1.82) is 0 Å². The second-order valence-electron chi connectivity index (χ2n) is 6.29. The van der Waals surface area contributed by atoms with Gasteiger partial charge in [0, 0.05) is 29.6 Å². The molecule has 0 unspecified atom stereocenters. The van der Waals surface area contributed by atoms with Crippen molar-refractivity contribution in [3.8, 4) is 0 Å². The summed E-state index contributed by atoms with van der Waals surface area (Å²) in [5, 5.41) is 6.75. The Hall–Kier alpha value is -3.18. The summed E-state index contributed by atoms with van der Waals surface area (Å²) in [5.41, 5.74) is 4.46. The predicted octanol–water partition coefficient (Wildman–Crippen LogP) is 4.60. The smallest absolute Gasteiger partial charge is 0.258 e. The minimum Gasteiger partial charge on any atom is -0.323 e. The first-order valence-corrected chi connectivity index (χ1v) is 9.66. The molecule has 0 atom stereocenters. The molecule has 5 heteroatoms. The molecule has 4 rings (SSSR count). The Morgan fingerprint density at radius 1 is 1.04 bits per heavy atom. The van der Waals surface area contributed by atoms with Crippen molar-refractivity contribution < 1.29 is 9.59 Å². The zero-order valence-electron chi connectivity index (χ0n) is 14.6. The summed E-state index contributed by atoms with van der Waals surface area (Å²) in [6, 6.07) is 17.0. The monoisotopic (exact) mass is 374 g/mol. The summed E-state index contributed by atoms with van der Waals surface area (Å²) in [4.78, 5) is 26.6. The first-order valence-electron chi connectivity index (χ1n) is 8.72. The molecule has 1 aromatic heterocycles. The van der Waals surface area contributed by atoms with Crippen LogP contribution >= 0.6 is 11.3 Å². The number of carbonyl (C=O) groups excluding carboxylic acids is 2. The van der Waals surface area contributed by atoms with E-state index in [1.165, 1.54) is 11.6 Å². The highest BCUT2D eigenvalue weighted by Crippen LogP contribution is 2.29. The number of nitrogens with zero attached hydrogens (tertiary/aromatic N) is 1. The van der Waals surface area contributed by atoms with Crippen LogP contribution in [-0.2, 0) is 11.2 Å². The van der Waals surface area contributed by atoms with Gasteiger partial charge in [-0.2, -0.15) is 11.3 Å². The third-order valence-electron chi connectivity index (χ3n) is 4.50. The first-order chi connectivity index (χ1) is 13.2. The van der Waals surface area contributed by atoms with Crippen molar-refractivity contribution in [1.82, 2.24) is 0 Å². The molecular formula is C22H18N2O2S.